The van der Waals surface area contributed by atoms with Crippen molar-refractivity contribution >= 4 is 34.2 Å². The summed E-state index contributed by atoms with van der Waals surface area (Å²) < 4.78 is 5.02. The maximum atomic E-state index is 12.8. The number of ether oxygens (including phenoxy) is 1. The molecule has 2 aromatic carbocycles. The lowest BCUT2D eigenvalue weighted by molar-refractivity contribution is -0.106. The van der Waals surface area contributed by atoms with Gasteiger partial charge in [0.1, 0.15) is 0 Å². The van der Waals surface area contributed by atoms with Gasteiger partial charge in [0.05, 0.1) is 17.9 Å². The monoisotopic (exact) mass is 355 g/mol. The summed E-state index contributed by atoms with van der Waals surface area (Å²) in [4.78, 5) is 24.9. The number of alkyl carbamates (subject to hydrolysis) is 1. The normalized spacial score (nSPS) is 11.4. The summed E-state index contributed by atoms with van der Waals surface area (Å²) in [5.41, 5.74) is 2.42. The zero-order valence-electron chi connectivity index (χ0n) is 14.3. The largest absolute Gasteiger partial charge is 0.450 e. The summed E-state index contributed by atoms with van der Waals surface area (Å²) in [5.74, 6) is 0.649. The van der Waals surface area contributed by atoms with Crippen molar-refractivity contribution in [2.75, 3.05) is 12.4 Å². The number of thioether (sulfide) groups is 1. The number of hydrogen-bond donors (Lipinski definition) is 1. The minimum atomic E-state index is -0.580. The summed E-state index contributed by atoms with van der Waals surface area (Å²) in [6.07, 6.45) is -0.580. The van der Waals surface area contributed by atoms with Crippen molar-refractivity contribution in [3.05, 3.63) is 71.8 Å². The summed E-state index contributed by atoms with van der Waals surface area (Å²) in [6, 6.07) is 18.7. The van der Waals surface area contributed by atoms with Crippen LogP contribution in [0.1, 0.15) is 25.0 Å². The van der Waals surface area contributed by atoms with Gasteiger partial charge in [-0.25, -0.2) is 4.79 Å². The predicted octanol–water partition coefficient (Wildman–Crippen LogP) is 4.58. The number of carbonyl (C=O) groups is 2. The van der Waals surface area contributed by atoms with Crippen LogP contribution in [0, 0.1) is 0 Å². The summed E-state index contributed by atoms with van der Waals surface area (Å²) in [5, 5.41) is 2.66. The molecule has 1 amide bonds. The Hall–Kier alpha value is -2.53. The van der Waals surface area contributed by atoms with Crippen LogP contribution in [0.5, 0.6) is 0 Å². The molecule has 0 aromatic heterocycles. The Labute approximate surface area is 152 Å². The molecular formula is C20H21NO3S. The highest BCUT2D eigenvalue weighted by molar-refractivity contribution is 8.14. The van der Waals surface area contributed by atoms with E-state index in [1.54, 1.807) is 6.92 Å². The smallest absolute Gasteiger partial charge is 0.411 e. The van der Waals surface area contributed by atoms with Crippen molar-refractivity contribution in [2.45, 2.75) is 13.8 Å². The van der Waals surface area contributed by atoms with E-state index in [-0.39, 0.29) is 11.7 Å². The molecule has 4 nitrogen and oxygen atoms in total. The van der Waals surface area contributed by atoms with Gasteiger partial charge in [-0.3, -0.25) is 10.1 Å². The quantitative estimate of drug-likeness (QED) is 0.609. The molecule has 0 saturated carbocycles. The molecule has 25 heavy (non-hydrogen) atoms. The Balaban J connectivity index is 2.63. The van der Waals surface area contributed by atoms with E-state index >= 15 is 0 Å². The van der Waals surface area contributed by atoms with Crippen molar-refractivity contribution in [1.82, 2.24) is 5.32 Å². The fourth-order valence-corrected chi connectivity index (χ4v) is 2.95. The van der Waals surface area contributed by atoms with E-state index in [9.17, 15) is 9.59 Å². The third-order valence-corrected chi connectivity index (χ3v) is 4.11. The minimum Gasteiger partial charge on any atom is -0.450 e. The van der Waals surface area contributed by atoms with Gasteiger partial charge in [-0.05, 0) is 23.8 Å². The van der Waals surface area contributed by atoms with Crippen LogP contribution in [0.4, 0.5) is 4.79 Å². The lowest BCUT2D eigenvalue weighted by Gasteiger charge is -2.16. The average molecular weight is 355 g/mol. The SMILES string of the molecule is CCOC(=O)N/C(=C(\C(=O)SCC)c1ccccc1)c1ccccc1. The molecular weight excluding hydrogens is 334 g/mol. The second kappa shape index (κ2) is 9.69. The molecule has 0 aliphatic rings. The molecule has 0 saturated heterocycles. The van der Waals surface area contributed by atoms with E-state index in [1.165, 1.54) is 11.8 Å². The molecule has 0 heterocycles. The Kier molecular flexibility index (Phi) is 7.29. The van der Waals surface area contributed by atoms with Gasteiger partial charge in [-0.15, -0.1) is 0 Å². The molecule has 0 aliphatic heterocycles. The van der Waals surface area contributed by atoms with Gasteiger partial charge >= 0.3 is 6.09 Å². The van der Waals surface area contributed by atoms with E-state index in [0.717, 1.165) is 11.1 Å². The molecule has 0 radical (unpaired) electrons. The number of nitrogens with one attached hydrogen (secondary N) is 1. The minimum absolute atomic E-state index is 0.0932. The van der Waals surface area contributed by atoms with Crippen LogP contribution >= 0.6 is 11.8 Å². The van der Waals surface area contributed by atoms with Gasteiger partial charge in [-0.2, -0.15) is 0 Å². The molecule has 0 aliphatic carbocycles. The van der Waals surface area contributed by atoms with Gasteiger partial charge in [0.2, 0.25) is 5.12 Å². The predicted molar refractivity (Wildman–Crippen MR) is 103 cm³/mol. The summed E-state index contributed by atoms with van der Waals surface area (Å²) in [6.45, 7) is 3.92. The first-order chi connectivity index (χ1) is 12.2. The van der Waals surface area contributed by atoms with Crippen LogP contribution in [-0.4, -0.2) is 23.6 Å². The standard InChI is InChI=1S/C20H21NO3S/c1-3-24-20(23)21-18(16-13-9-6-10-14-16)17(19(22)25-4-2)15-11-7-5-8-12-15/h5-14H,3-4H2,1-2H3,(H,21,23)/b18-17-. The number of rotatable bonds is 6. The van der Waals surface area contributed by atoms with E-state index in [1.807, 2.05) is 67.6 Å². The highest BCUT2D eigenvalue weighted by Gasteiger charge is 2.21. The first-order valence-corrected chi connectivity index (χ1v) is 9.12. The molecule has 5 heteroatoms. The van der Waals surface area contributed by atoms with Gasteiger partial charge in [0.15, 0.2) is 0 Å². The highest BCUT2D eigenvalue weighted by atomic mass is 32.2. The second-order valence-corrected chi connectivity index (χ2v) is 6.28. The van der Waals surface area contributed by atoms with Crippen LogP contribution < -0.4 is 5.32 Å². The van der Waals surface area contributed by atoms with Crippen LogP contribution in [0.15, 0.2) is 60.7 Å². The van der Waals surface area contributed by atoms with Gasteiger partial charge in [0.25, 0.3) is 0 Å². The zero-order chi connectivity index (χ0) is 18.1. The van der Waals surface area contributed by atoms with Crippen LogP contribution in [0.2, 0.25) is 0 Å². The maximum Gasteiger partial charge on any atom is 0.411 e. The third kappa shape index (κ3) is 5.22. The molecule has 0 spiro atoms. The fourth-order valence-electron chi connectivity index (χ4n) is 2.33. The van der Waals surface area contributed by atoms with Crippen molar-refractivity contribution in [3.63, 3.8) is 0 Å². The lowest BCUT2D eigenvalue weighted by Crippen LogP contribution is -2.25. The topological polar surface area (TPSA) is 55.4 Å². The number of amides is 1. The number of carbonyl (C=O) groups excluding carboxylic acids is 2. The van der Waals surface area contributed by atoms with E-state index in [2.05, 4.69) is 5.32 Å². The molecule has 1 N–H and O–H groups in total. The Morgan fingerprint density at radius 2 is 1.48 bits per heavy atom. The van der Waals surface area contributed by atoms with Crippen molar-refractivity contribution < 1.29 is 14.3 Å². The van der Waals surface area contributed by atoms with E-state index < -0.39 is 6.09 Å². The van der Waals surface area contributed by atoms with E-state index in [4.69, 9.17) is 4.74 Å². The first kappa shape index (κ1) is 18.8. The lowest BCUT2D eigenvalue weighted by atomic mass is 10.0. The summed E-state index contributed by atoms with van der Waals surface area (Å²) in [7, 11) is 0. The molecule has 2 aromatic rings. The Morgan fingerprint density at radius 3 is 2.00 bits per heavy atom. The van der Waals surface area contributed by atoms with E-state index in [0.29, 0.717) is 17.0 Å². The van der Waals surface area contributed by atoms with Crippen LogP contribution in [-0.2, 0) is 9.53 Å². The zero-order valence-corrected chi connectivity index (χ0v) is 15.1. The Bertz CT molecular complexity index is 742. The molecule has 2 rings (SSSR count). The van der Waals surface area contributed by atoms with Crippen molar-refractivity contribution in [3.8, 4) is 0 Å². The summed E-state index contributed by atoms with van der Waals surface area (Å²) >= 11 is 1.21. The maximum absolute atomic E-state index is 12.8. The Morgan fingerprint density at radius 1 is 0.920 bits per heavy atom. The highest BCUT2D eigenvalue weighted by Crippen LogP contribution is 2.29. The van der Waals surface area contributed by atoms with Gasteiger partial charge < -0.3 is 4.74 Å². The molecule has 0 bridgehead atoms. The fraction of sp³-hybridized carbons (Fsp3) is 0.200. The van der Waals surface area contributed by atoms with Crippen LogP contribution in [0.3, 0.4) is 0 Å². The third-order valence-electron chi connectivity index (χ3n) is 3.36. The average Bonchev–Trinajstić information content (AvgIpc) is 2.63. The number of benzene rings is 2. The van der Waals surface area contributed by atoms with Crippen molar-refractivity contribution in [1.29, 1.82) is 0 Å². The number of hydrogen-bond acceptors (Lipinski definition) is 4. The molecule has 130 valence electrons. The molecule has 0 fully saturated rings. The van der Waals surface area contributed by atoms with Crippen LogP contribution in [0.25, 0.3) is 11.3 Å². The first-order valence-electron chi connectivity index (χ1n) is 8.13. The molecule has 0 atom stereocenters. The van der Waals surface area contributed by atoms with Gasteiger partial charge in [-0.1, -0.05) is 79.3 Å². The van der Waals surface area contributed by atoms with Crippen molar-refractivity contribution in [2.24, 2.45) is 0 Å². The van der Waals surface area contributed by atoms with Gasteiger partial charge in [0, 0.05) is 0 Å². The molecule has 0 unspecified atom stereocenters. The second-order valence-electron chi connectivity index (χ2n) is 5.05.